The second kappa shape index (κ2) is 8.26. The first-order valence-corrected chi connectivity index (χ1v) is 9.69. The molecule has 0 saturated heterocycles. The van der Waals surface area contributed by atoms with Gasteiger partial charge in [-0.25, -0.2) is 0 Å². The van der Waals surface area contributed by atoms with Crippen LogP contribution in [0.25, 0.3) is 11.4 Å². The minimum absolute atomic E-state index is 0.0956. The van der Waals surface area contributed by atoms with Gasteiger partial charge >= 0.3 is 0 Å². The van der Waals surface area contributed by atoms with Crippen LogP contribution in [0.1, 0.15) is 18.1 Å². The summed E-state index contributed by atoms with van der Waals surface area (Å²) in [5.74, 6) is 0.880. The van der Waals surface area contributed by atoms with Crippen molar-refractivity contribution >= 4 is 23.4 Å². The molecule has 0 atom stereocenters. The Morgan fingerprint density at radius 2 is 1.96 bits per heavy atom. The van der Waals surface area contributed by atoms with Crippen LogP contribution in [-0.4, -0.2) is 31.5 Å². The number of rotatable bonds is 6. The van der Waals surface area contributed by atoms with Crippen molar-refractivity contribution in [3.8, 4) is 17.1 Å². The van der Waals surface area contributed by atoms with Crippen molar-refractivity contribution in [3.05, 3.63) is 53.6 Å². The lowest BCUT2D eigenvalue weighted by Crippen LogP contribution is -2.15. The lowest BCUT2D eigenvalue weighted by Gasteiger charge is -2.10. The number of anilines is 1. The SMILES string of the molecule is CCn1c(SCC(=O)Nc2ccc(C)cc2C)nnc1-c1ccccc1O. The number of hydrogen-bond acceptors (Lipinski definition) is 5. The van der Waals surface area contributed by atoms with Gasteiger partial charge in [-0.2, -0.15) is 0 Å². The molecule has 6 nitrogen and oxygen atoms in total. The molecular formula is C20H22N4O2S. The summed E-state index contributed by atoms with van der Waals surface area (Å²) in [5.41, 5.74) is 3.64. The van der Waals surface area contributed by atoms with Crippen LogP contribution in [0.4, 0.5) is 5.69 Å². The molecule has 0 aliphatic carbocycles. The summed E-state index contributed by atoms with van der Waals surface area (Å²) < 4.78 is 1.89. The zero-order chi connectivity index (χ0) is 19.4. The number of aryl methyl sites for hydroxylation is 2. The first kappa shape index (κ1) is 19.0. The molecule has 1 amide bonds. The number of aromatic nitrogens is 3. The Morgan fingerprint density at radius 3 is 2.67 bits per heavy atom. The van der Waals surface area contributed by atoms with Crippen molar-refractivity contribution in [2.45, 2.75) is 32.5 Å². The second-order valence-electron chi connectivity index (χ2n) is 6.22. The molecule has 0 aliphatic rings. The summed E-state index contributed by atoms with van der Waals surface area (Å²) in [6.07, 6.45) is 0. The van der Waals surface area contributed by atoms with Gasteiger partial charge in [-0.05, 0) is 44.5 Å². The third kappa shape index (κ3) is 4.31. The molecule has 0 saturated carbocycles. The summed E-state index contributed by atoms with van der Waals surface area (Å²) in [6, 6.07) is 12.9. The summed E-state index contributed by atoms with van der Waals surface area (Å²) in [4.78, 5) is 12.3. The minimum Gasteiger partial charge on any atom is -0.507 e. The van der Waals surface area contributed by atoms with Crippen LogP contribution >= 0.6 is 11.8 Å². The molecule has 0 aliphatic heterocycles. The molecule has 3 rings (SSSR count). The van der Waals surface area contributed by atoms with Gasteiger partial charge in [0.1, 0.15) is 5.75 Å². The van der Waals surface area contributed by atoms with Crippen molar-refractivity contribution < 1.29 is 9.90 Å². The van der Waals surface area contributed by atoms with Gasteiger partial charge in [-0.3, -0.25) is 4.79 Å². The molecule has 0 unspecified atom stereocenters. The van der Waals surface area contributed by atoms with Gasteiger partial charge in [0, 0.05) is 12.2 Å². The highest BCUT2D eigenvalue weighted by Crippen LogP contribution is 2.30. The molecule has 7 heteroatoms. The number of aromatic hydroxyl groups is 1. The summed E-state index contributed by atoms with van der Waals surface area (Å²) in [6.45, 7) is 6.61. The summed E-state index contributed by atoms with van der Waals surface area (Å²) in [5, 5.41) is 22.1. The molecule has 0 spiro atoms. The fourth-order valence-corrected chi connectivity index (χ4v) is 3.62. The molecule has 1 aromatic heterocycles. The highest BCUT2D eigenvalue weighted by Gasteiger charge is 2.17. The number of hydrogen-bond donors (Lipinski definition) is 2. The predicted octanol–water partition coefficient (Wildman–Crippen LogP) is 4.02. The van der Waals surface area contributed by atoms with Crippen molar-refractivity contribution in [2.24, 2.45) is 0 Å². The Morgan fingerprint density at radius 1 is 1.19 bits per heavy atom. The number of para-hydroxylation sites is 1. The van der Waals surface area contributed by atoms with Gasteiger partial charge in [0.2, 0.25) is 5.91 Å². The lowest BCUT2D eigenvalue weighted by molar-refractivity contribution is -0.113. The molecule has 0 bridgehead atoms. The third-order valence-electron chi connectivity index (χ3n) is 4.17. The molecular weight excluding hydrogens is 360 g/mol. The van der Waals surface area contributed by atoms with E-state index in [4.69, 9.17) is 0 Å². The first-order valence-electron chi connectivity index (χ1n) is 8.71. The number of carbonyl (C=O) groups is 1. The molecule has 0 radical (unpaired) electrons. The Bertz CT molecular complexity index is 968. The number of phenols is 1. The lowest BCUT2D eigenvalue weighted by atomic mass is 10.1. The number of amides is 1. The molecule has 2 aromatic carbocycles. The number of thioether (sulfide) groups is 1. The van der Waals surface area contributed by atoms with Gasteiger partial charge in [-0.1, -0.05) is 41.6 Å². The Kier molecular flexibility index (Phi) is 5.81. The van der Waals surface area contributed by atoms with Crippen LogP contribution in [0.15, 0.2) is 47.6 Å². The fourth-order valence-electron chi connectivity index (χ4n) is 2.81. The smallest absolute Gasteiger partial charge is 0.234 e. The Labute approximate surface area is 162 Å². The predicted molar refractivity (Wildman–Crippen MR) is 108 cm³/mol. The fraction of sp³-hybridized carbons (Fsp3) is 0.250. The van der Waals surface area contributed by atoms with E-state index in [9.17, 15) is 9.90 Å². The van der Waals surface area contributed by atoms with E-state index in [2.05, 4.69) is 15.5 Å². The van der Waals surface area contributed by atoms with Gasteiger partial charge in [0.05, 0.1) is 11.3 Å². The van der Waals surface area contributed by atoms with E-state index < -0.39 is 0 Å². The van der Waals surface area contributed by atoms with E-state index in [-0.39, 0.29) is 17.4 Å². The van der Waals surface area contributed by atoms with Crippen LogP contribution in [0.3, 0.4) is 0 Å². The molecule has 2 N–H and O–H groups in total. The maximum absolute atomic E-state index is 12.3. The number of benzene rings is 2. The van der Waals surface area contributed by atoms with Gasteiger partial charge in [-0.15, -0.1) is 10.2 Å². The van der Waals surface area contributed by atoms with Crippen LogP contribution < -0.4 is 5.32 Å². The van der Waals surface area contributed by atoms with Gasteiger partial charge in [0.15, 0.2) is 11.0 Å². The molecule has 0 fully saturated rings. The van der Waals surface area contributed by atoms with Crippen LogP contribution in [0.5, 0.6) is 5.75 Å². The molecule has 27 heavy (non-hydrogen) atoms. The zero-order valence-corrected chi connectivity index (χ0v) is 16.4. The van der Waals surface area contributed by atoms with Crippen LogP contribution in [0.2, 0.25) is 0 Å². The number of nitrogens with zero attached hydrogens (tertiary/aromatic N) is 3. The average molecular weight is 382 g/mol. The quantitative estimate of drug-likeness (QED) is 0.630. The third-order valence-corrected chi connectivity index (χ3v) is 5.13. The van der Waals surface area contributed by atoms with Crippen molar-refractivity contribution in [1.29, 1.82) is 0 Å². The molecule has 3 aromatic rings. The van der Waals surface area contributed by atoms with Gasteiger partial charge in [0.25, 0.3) is 0 Å². The topological polar surface area (TPSA) is 80.0 Å². The highest BCUT2D eigenvalue weighted by atomic mass is 32.2. The minimum atomic E-state index is -0.0956. The maximum Gasteiger partial charge on any atom is 0.234 e. The van der Waals surface area contributed by atoms with E-state index in [0.717, 1.165) is 16.8 Å². The van der Waals surface area contributed by atoms with E-state index in [1.807, 2.05) is 49.6 Å². The van der Waals surface area contributed by atoms with Gasteiger partial charge < -0.3 is 15.0 Å². The summed E-state index contributed by atoms with van der Waals surface area (Å²) in [7, 11) is 0. The Hall–Kier alpha value is -2.80. The molecule has 140 valence electrons. The molecule has 1 heterocycles. The number of carbonyl (C=O) groups excluding carboxylic acids is 1. The van der Waals surface area contributed by atoms with Crippen molar-refractivity contribution in [3.63, 3.8) is 0 Å². The largest absolute Gasteiger partial charge is 0.507 e. The highest BCUT2D eigenvalue weighted by molar-refractivity contribution is 7.99. The van der Waals surface area contributed by atoms with Crippen LogP contribution in [-0.2, 0) is 11.3 Å². The number of nitrogens with one attached hydrogen (secondary N) is 1. The average Bonchev–Trinajstić information content (AvgIpc) is 3.05. The standard InChI is InChI=1S/C20H22N4O2S/c1-4-24-19(15-7-5-6-8-17(15)25)22-23-20(24)27-12-18(26)21-16-10-9-13(2)11-14(16)3/h5-11,25H,4,12H2,1-3H3,(H,21,26). The van der Waals surface area contributed by atoms with E-state index >= 15 is 0 Å². The van der Waals surface area contributed by atoms with E-state index in [1.54, 1.807) is 18.2 Å². The van der Waals surface area contributed by atoms with E-state index in [1.165, 1.54) is 11.8 Å². The van der Waals surface area contributed by atoms with Crippen molar-refractivity contribution in [2.75, 3.05) is 11.1 Å². The number of phenolic OH excluding ortho intramolecular Hbond substituents is 1. The second-order valence-corrected chi connectivity index (χ2v) is 7.17. The Balaban J connectivity index is 1.71. The van der Waals surface area contributed by atoms with Crippen LogP contribution in [0, 0.1) is 13.8 Å². The summed E-state index contributed by atoms with van der Waals surface area (Å²) >= 11 is 1.33. The monoisotopic (exact) mass is 382 g/mol. The maximum atomic E-state index is 12.3. The van der Waals surface area contributed by atoms with E-state index in [0.29, 0.717) is 23.1 Å². The van der Waals surface area contributed by atoms with Crippen molar-refractivity contribution in [1.82, 2.24) is 14.8 Å². The first-order chi connectivity index (χ1) is 13.0. The normalized spacial score (nSPS) is 10.8. The zero-order valence-electron chi connectivity index (χ0n) is 15.6.